The number of rotatable bonds is 10. The van der Waals surface area contributed by atoms with Crippen LogP contribution >= 0.6 is 11.6 Å². The van der Waals surface area contributed by atoms with Gasteiger partial charge in [-0.3, -0.25) is 14.2 Å². The monoisotopic (exact) mass is 469 g/mol. The lowest BCUT2D eigenvalue weighted by Crippen LogP contribution is -2.17. The molecule has 1 heterocycles. The first kappa shape index (κ1) is 24.8. The SMILES string of the molecule is CCCCC(CC)COC(=O)Cc1c(C)n(C(=O)c2ccc(Cl)cc2)c2ccc(OC)cc12. The second-order valence-electron chi connectivity index (χ2n) is 8.37. The molecule has 2 aromatic carbocycles. The molecule has 0 bridgehead atoms. The van der Waals surface area contributed by atoms with E-state index in [1.54, 1.807) is 35.9 Å². The van der Waals surface area contributed by atoms with Crippen molar-refractivity contribution >= 4 is 34.4 Å². The third-order valence-electron chi connectivity index (χ3n) is 6.18. The molecule has 1 aromatic heterocycles. The van der Waals surface area contributed by atoms with Crippen LogP contribution < -0.4 is 4.74 Å². The molecule has 0 saturated carbocycles. The van der Waals surface area contributed by atoms with E-state index in [1.807, 2.05) is 25.1 Å². The predicted octanol–water partition coefficient (Wildman–Crippen LogP) is 6.60. The molecule has 176 valence electrons. The van der Waals surface area contributed by atoms with E-state index in [0.29, 0.717) is 34.6 Å². The lowest BCUT2D eigenvalue weighted by molar-refractivity contribution is -0.144. The van der Waals surface area contributed by atoms with Crippen molar-refractivity contribution in [2.24, 2.45) is 5.92 Å². The number of esters is 1. The normalized spacial score (nSPS) is 12.0. The number of carbonyl (C=O) groups excluding carboxylic acids is 2. The van der Waals surface area contributed by atoms with Crippen LogP contribution in [0.5, 0.6) is 5.75 Å². The van der Waals surface area contributed by atoms with Gasteiger partial charge in [-0.2, -0.15) is 0 Å². The summed E-state index contributed by atoms with van der Waals surface area (Å²) in [5.41, 5.74) is 2.74. The number of ether oxygens (including phenoxy) is 2. The summed E-state index contributed by atoms with van der Waals surface area (Å²) >= 11 is 5.99. The van der Waals surface area contributed by atoms with E-state index in [9.17, 15) is 9.59 Å². The summed E-state index contributed by atoms with van der Waals surface area (Å²) in [6.07, 6.45) is 4.41. The molecule has 0 aliphatic heterocycles. The second-order valence-corrected chi connectivity index (χ2v) is 8.81. The molecule has 5 nitrogen and oxygen atoms in total. The Bertz CT molecular complexity index is 1120. The van der Waals surface area contributed by atoms with Crippen LogP contribution in [0.1, 0.15) is 61.1 Å². The molecule has 6 heteroatoms. The van der Waals surface area contributed by atoms with Crippen molar-refractivity contribution < 1.29 is 19.1 Å². The fourth-order valence-electron chi connectivity index (χ4n) is 4.10. The summed E-state index contributed by atoms with van der Waals surface area (Å²) in [7, 11) is 1.60. The Balaban J connectivity index is 1.92. The van der Waals surface area contributed by atoms with Crippen molar-refractivity contribution in [2.75, 3.05) is 13.7 Å². The van der Waals surface area contributed by atoms with Crippen molar-refractivity contribution in [3.05, 3.63) is 64.3 Å². The minimum atomic E-state index is -0.283. The zero-order valence-corrected chi connectivity index (χ0v) is 20.6. The average molecular weight is 470 g/mol. The molecule has 33 heavy (non-hydrogen) atoms. The number of fused-ring (bicyclic) bond motifs is 1. The highest BCUT2D eigenvalue weighted by Crippen LogP contribution is 2.31. The van der Waals surface area contributed by atoms with Gasteiger partial charge >= 0.3 is 5.97 Å². The standard InChI is InChI=1S/C27H32ClNO4/c1-5-7-8-19(6-2)17-33-26(30)16-23-18(3)29(25-14-13-22(32-4)15-24(23)25)27(31)20-9-11-21(28)12-10-20/h9-15,19H,5-8,16-17H2,1-4H3. The zero-order valence-electron chi connectivity index (χ0n) is 19.8. The number of benzene rings is 2. The number of aromatic nitrogens is 1. The van der Waals surface area contributed by atoms with Crippen molar-refractivity contribution in [3.63, 3.8) is 0 Å². The number of carbonyl (C=O) groups is 2. The maximum atomic E-state index is 13.4. The van der Waals surface area contributed by atoms with Crippen molar-refractivity contribution in [2.45, 2.75) is 52.9 Å². The Morgan fingerprint density at radius 1 is 1.09 bits per heavy atom. The first-order valence-corrected chi connectivity index (χ1v) is 11.9. The van der Waals surface area contributed by atoms with Crippen LogP contribution in [0.25, 0.3) is 10.9 Å². The first-order valence-electron chi connectivity index (χ1n) is 11.5. The van der Waals surface area contributed by atoms with Gasteiger partial charge in [0.05, 0.1) is 25.7 Å². The molecule has 0 saturated heterocycles. The lowest BCUT2D eigenvalue weighted by atomic mass is 10.0. The van der Waals surface area contributed by atoms with E-state index in [1.165, 1.54) is 0 Å². The number of unbranched alkanes of at least 4 members (excludes halogenated alkanes) is 1. The van der Waals surface area contributed by atoms with E-state index in [4.69, 9.17) is 21.1 Å². The van der Waals surface area contributed by atoms with Crippen molar-refractivity contribution in [1.29, 1.82) is 0 Å². The number of hydrogen-bond acceptors (Lipinski definition) is 4. The summed E-state index contributed by atoms with van der Waals surface area (Å²) in [4.78, 5) is 26.2. The van der Waals surface area contributed by atoms with Crippen molar-refractivity contribution in [1.82, 2.24) is 4.57 Å². The first-order chi connectivity index (χ1) is 15.9. The molecule has 0 fully saturated rings. The molecule has 3 rings (SSSR count). The minimum absolute atomic E-state index is 0.0978. The highest BCUT2D eigenvalue weighted by atomic mass is 35.5. The van der Waals surface area contributed by atoms with Crippen LogP contribution in [0.2, 0.25) is 5.02 Å². The predicted molar refractivity (Wildman–Crippen MR) is 132 cm³/mol. The van der Waals surface area contributed by atoms with E-state index >= 15 is 0 Å². The van der Waals surface area contributed by atoms with Gasteiger partial charge in [-0.05, 0) is 67.3 Å². The maximum Gasteiger partial charge on any atom is 0.310 e. The summed E-state index contributed by atoms with van der Waals surface area (Å²) in [6, 6.07) is 12.3. The zero-order chi connectivity index (χ0) is 24.0. The lowest BCUT2D eigenvalue weighted by Gasteiger charge is -2.14. The van der Waals surface area contributed by atoms with Crippen LogP contribution in [0.3, 0.4) is 0 Å². The topological polar surface area (TPSA) is 57.5 Å². The molecule has 0 amide bonds. The summed E-state index contributed by atoms with van der Waals surface area (Å²) in [5, 5.41) is 1.38. The summed E-state index contributed by atoms with van der Waals surface area (Å²) in [6.45, 7) is 6.58. The number of nitrogens with zero attached hydrogens (tertiary/aromatic N) is 1. The van der Waals surface area contributed by atoms with E-state index in [0.717, 1.165) is 42.1 Å². The molecule has 3 aromatic rings. The molecule has 0 aliphatic carbocycles. The molecule has 1 atom stereocenters. The molecular weight excluding hydrogens is 438 g/mol. The average Bonchev–Trinajstić information content (AvgIpc) is 3.09. The fourth-order valence-corrected chi connectivity index (χ4v) is 4.23. The van der Waals surface area contributed by atoms with Crippen LogP contribution in [-0.4, -0.2) is 30.2 Å². The third-order valence-corrected chi connectivity index (χ3v) is 6.43. The Labute approximate surface area is 200 Å². The fraction of sp³-hybridized carbons (Fsp3) is 0.407. The minimum Gasteiger partial charge on any atom is -0.497 e. The molecule has 0 N–H and O–H groups in total. The summed E-state index contributed by atoms with van der Waals surface area (Å²) in [5.74, 6) is 0.583. The van der Waals surface area contributed by atoms with E-state index < -0.39 is 0 Å². The number of halogens is 1. The van der Waals surface area contributed by atoms with Crippen molar-refractivity contribution in [3.8, 4) is 5.75 Å². The molecule has 0 spiro atoms. The van der Waals surface area contributed by atoms with Gasteiger partial charge in [-0.25, -0.2) is 0 Å². The Hall–Kier alpha value is -2.79. The Morgan fingerprint density at radius 3 is 2.45 bits per heavy atom. The molecule has 0 aliphatic rings. The largest absolute Gasteiger partial charge is 0.497 e. The van der Waals surface area contributed by atoms with Crippen LogP contribution in [0, 0.1) is 12.8 Å². The molecule has 0 radical (unpaired) electrons. The van der Waals surface area contributed by atoms with Gasteiger partial charge in [0.15, 0.2) is 0 Å². The number of hydrogen-bond donors (Lipinski definition) is 0. The smallest absolute Gasteiger partial charge is 0.310 e. The van der Waals surface area contributed by atoms with Gasteiger partial charge in [0.1, 0.15) is 5.75 Å². The van der Waals surface area contributed by atoms with Gasteiger partial charge in [-0.1, -0.05) is 44.7 Å². The van der Waals surface area contributed by atoms with Gasteiger partial charge < -0.3 is 9.47 Å². The third kappa shape index (κ3) is 5.77. The molecule has 1 unspecified atom stereocenters. The Morgan fingerprint density at radius 2 is 1.82 bits per heavy atom. The quantitative estimate of drug-likeness (QED) is 0.314. The highest BCUT2D eigenvalue weighted by Gasteiger charge is 2.23. The number of methoxy groups -OCH3 is 1. The van der Waals surface area contributed by atoms with Gasteiger partial charge in [0.2, 0.25) is 0 Å². The van der Waals surface area contributed by atoms with Crippen LogP contribution in [0.4, 0.5) is 0 Å². The van der Waals surface area contributed by atoms with Crippen LogP contribution in [0.15, 0.2) is 42.5 Å². The Kier molecular flexibility index (Phi) is 8.56. The molecular formula is C27H32ClNO4. The van der Waals surface area contributed by atoms with Gasteiger partial charge in [-0.15, -0.1) is 0 Å². The van der Waals surface area contributed by atoms with Crippen LogP contribution in [-0.2, 0) is 16.0 Å². The highest BCUT2D eigenvalue weighted by molar-refractivity contribution is 6.30. The second kappa shape index (κ2) is 11.4. The van der Waals surface area contributed by atoms with E-state index in [-0.39, 0.29) is 18.3 Å². The maximum absolute atomic E-state index is 13.4. The summed E-state index contributed by atoms with van der Waals surface area (Å²) < 4.78 is 12.7. The van der Waals surface area contributed by atoms with E-state index in [2.05, 4.69) is 13.8 Å². The van der Waals surface area contributed by atoms with Gasteiger partial charge in [0.25, 0.3) is 5.91 Å². The van der Waals surface area contributed by atoms with Gasteiger partial charge in [0, 0.05) is 21.7 Å².